The number of hydrogen-bond donors (Lipinski definition) is 2. The van der Waals surface area contributed by atoms with Gasteiger partial charge in [-0.2, -0.15) is 18.2 Å². The van der Waals surface area contributed by atoms with E-state index >= 15 is 0 Å². The molecule has 2 aromatic rings. The summed E-state index contributed by atoms with van der Waals surface area (Å²) in [6.07, 6.45) is -2.34. The van der Waals surface area contributed by atoms with E-state index in [4.69, 9.17) is 0 Å². The fraction of sp³-hybridized carbons (Fsp3) is 0.400. The van der Waals surface area contributed by atoms with Crippen LogP contribution in [0.1, 0.15) is 24.3 Å². The van der Waals surface area contributed by atoms with E-state index in [-0.39, 0.29) is 11.9 Å². The first-order valence-electron chi connectivity index (χ1n) is 7.44. The van der Waals surface area contributed by atoms with Crippen molar-refractivity contribution in [3.63, 3.8) is 0 Å². The third-order valence-electron chi connectivity index (χ3n) is 3.58. The Labute approximate surface area is 135 Å². The summed E-state index contributed by atoms with van der Waals surface area (Å²) in [6.45, 7) is 1.00. The molecule has 0 aliphatic heterocycles. The van der Waals surface area contributed by atoms with Crippen LogP contribution in [0.15, 0.2) is 28.8 Å². The Hall–Kier alpha value is -2.58. The maximum Gasteiger partial charge on any atom is 0.471 e. The summed E-state index contributed by atoms with van der Waals surface area (Å²) < 4.78 is 41.5. The number of hydrogen-bond acceptors (Lipinski definition) is 4. The molecule has 2 N–H and O–H groups in total. The predicted octanol–water partition coefficient (Wildman–Crippen LogP) is 2.96. The molecule has 0 unspecified atom stereocenters. The van der Waals surface area contributed by atoms with Crippen LogP contribution in [-0.4, -0.2) is 22.7 Å². The summed E-state index contributed by atoms with van der Waals surface area (Å²) in [4.78, 5) is 14.9. The summed E-state index contributed by atoms with van der Waals surface area (Å²) in [5.74, 6) is -0.911. The average molecular weight is 340 g/mol. The monoisotopic (exact) mass is 340 g/mol. The number of amides is 2. The van der Waals surface area contributed by atoms with E-state index in [0.29, 0.717) is 24.6 Å². The maximum absolute atomic E-state index is 12.4. The molecule has 3 rings (SSSR count). The highest BCUT2D eigenvalue weighted by Crippen LogP contribution is 2.29. The van der Waals surface area contributed by atoms with Gasteiger partial charge in [-0.15, -0.1) is 0 Å². The minimum Gasteiger partial charge on any atom is -0.338 e. The van der Waals surface area contributed by atoms with Gasteiger partial charge in [-0.05, 0) is 24.3 Å². The Bertz CT molecular complexity index is 708. The lowest BCUT2D eigenvalue weighted by atomic mass is 10.1. The van der Waals surface area contributed by atoms with E-state index < -0.39 is 12.1 Å². The van der Waals surface area contributed by atoms with Crippen LogP contribution in [0.2, 0.25) is 0 Å². The number of rotatable bonds is 5. The molecule has 9 heteroatoms. The highest BCUT2D eigenvalue weighted by Gasteiger charge is 2.38. The number of aromatic nitrogens is 2. The van der Waals surface area contributed by atoms with Crippen LogP contribution in [0.25, 0.3) is 11.4 Å². The van der Waals surface area contributed by atoms with E-state index in [2.05, 4.69) is 25.3 Å². The zero-order chi connectivity index (χ0) is 17.2. The smallest absolute Gasteiger partial charge is 0.338 e. The van der Waals surface area contributed by atoms with Gasteiger partial charge in [0.2, 0.25) is 5.82 Å². The third-order valence-corrected chi connectivity index (χ3v) is 3.58. The van der Waals surface area contributed by atoms with Gasteiger partial charge in [0.25, 0.3) is 0 Å². The normalized spacial score (nSPS) is 14.5. The Kier molecular flexibility index (Phi) is 4.41. The van der Waals surface area contributed by atoms with E-state index in [1.54, 1.807) is 24.3 Å². The van der Waals surface area contributed by atoms with Gasteiger partial charge >= 0.3 is 18.1 Å². The number of carbonyl (C=O) groups excluding carboxylic acids is 1. The van der Waals surface area contributed by atoms with Crippen molar-refractivity contribution < 1.29 is 22.5 Å². The van der Waals surface area contributed by atoms with Crippen LogP contribution in [0.3, 0.4) is 0 Å². The first-order chi connectivity index (χ1) is 11.4. The number of carbonyl (C=O) groups is 1. The molecule has 0 bridgehead atoms. The second kappa shape index (κ2) is 6.50. The summed E-state index contributed by atoms with van der Waals surface area (Å²) in [5, 5.41) is 8.81. The van der Waals surface area contributed by atoms with Gasteiger partial charge in [0.1, 0.15) is 0 Å². The fourth-order valence-corrected chi connectivity index (χ4v) is 2.03. The van der Waals surface area contributed by atoms with Crippen LogP contribution in [0.4, 0.5) is 18.0 Å². The van der Waals surface area contributed by atoms with Crippen molar-refractivity contribution in [2.24, 2.45) is 5.92 Å². The second-order valence-electron chi connectivity index (χ2n) is 5.62. The molecule has 1 heterocycles. The lowest BCUT2D eigenvalue weighted by Gasteiger charge is -2.07. The molecule has 0 atom stereocenters. The minimum absolute atomic E-state index is 0.135. The predicted molar refractivity (Wildman–Crippen MR) is 77.7 cm³/mol. The number of alkyl halides is 3. The molecule has 1 fully saturated rings. The molecule has 1 aromatic carbocycles. The number of nitrogens with zero attached hydrogens (tertiary/aromatic N) is 2. The SMILES string of the molecule is O=C(NCc1ccc(-c2noc(C(F)(F)F)n2)cc1)NCC1CC1. The molecule has 1 saturated carbocycles. The number of benzene rings is 1. The highest BCUT2D eigenvalue weighted by molar-refractivity contribution is 5.73. The highest BCUT2D eigenvalue weighted by atomic mass is 19.4. The van der Waals surface area contributed by atoms with Crippen molar-refractivity contribution >= 4 is 6.03 Å². The molecule has 0 radical (unpaired) electrons. The van der Waals surface area contributed by atoms with Crippen molar-refractivity contribution in [2.75, 3.05) is 6.54 Å². The Morgan fingerprint density at radius 2 is 1.92 bits per heavy atom. The zero-order valence-corrected chi connectivity index (χ0v) is 12.6. The summed E-state index contributed by atoms with van der Waals surface area (Å²) in [7, 11) is 0. The van der Waals surface area contributed by atoms with Gasteiger partial charge in [-0.25, -0.2) is 4.79 Å². The van der Waals surface area contributed by atoms with Gasteiger partial charge in [0, 0.05) is 18.7 Å². The van der Waals surface area contributed by atoms with Crippen molar-refractivity contribution in [3.05, 3.63) is 35.7 Å². The van der Waals surface area contributed by atoms with Crippen molar-refractivity contribution in [3.8, 4) is 11.4 Å². The Balaban J connectivity index is 1.54. The number of halogens is 3. The average Bonchev–Trinajstić information content (AvgIpc) is 3.23. The topological polar surface area (TPSA) is 80.1 Å². The van der Waals surface area contributed by atoms with E-state index in [0.717, 1.165) is 18.4 Å². The summed E-state index contributed by atoms with van der Waals surface area (Å²) >= 11 is 0. The molecule has 24 heavy (non-hydrogen) atoms. The molecule has 1 aromatic heterocycles. The molecule has 1 aliphatic carbocycles. The lowest BCUT2D eigenvalue weighted by molar-refractivity contribution is -0.159. The molecule has 6 nitrogen and oxygen atoms in total. The van der Waals surface area contributed by atoms with Gasteiger partial charge in [-0.3, -0.25) is 0 Å². The van der Waals surface area contributed by atoms with E-state index in [9.17, 15) is 18.0 Å². The molecular formula is C15H15F3N4O2. The third kappa shape index (κ3) is 4.24. The van der Waals surface area contributed by atoms with E-state index in [1.807, 2.05) is 0 Å². The standard InChI is InChI=1S/C15H15F3N4O2/c16-15(17,18)13-21-12(22-24-13)11-5-3-10(4-6-11)8-20-14(23)19-7-9-1-2-9/h3-6,9H,1-2,7-8H2,(H2,19,20,23). The van der Waals surface area contributed by atoms with E-state index in [1.165, 1.54) is 0 Å². The van der Waals surface area contributed by atoms with Crippen LogP contribution in [0, 0.1) is 5.92 Å². The van der Waals surface area contributed by atoms with Gasteiger partial charge < -0.3 is 15.2 Å². The maximum atomic E-state index is 12.4. The van der Waals surface area contributed by atoms with Gasteiger partial charge in [-0.1, -0.05) is 29.4 Å². The number of urea groups is 1. The summed E-state index contributed by atoms with van der Waals surface area (Å²) in [5.41, 5.74) is 1.20. The van der Waals surface area contributed by atoms with Crippen LogP contribution < -0.4 is 10.6 Å². The first kappa shape index (κ1) is 16.3. The minimum atomic E-state index is -4.66. The quantitative estimate of drug-likeness (QED) is 0.877. The molecule has 1 aliphatic rings. The summed E-state index contributed by atoms with van der Waals surface area (Å²) in [6, 6.07) is 6.27. The lowest BCUT2D eigenvalue weighted by Crippen LogP contribution is -2.36. The van der Waals surface area contributed by atoms with Crippen molar-refractivity contribution in [1.82, 2.24) is 20.8 Å². The molecule has 2 amide bonds. The number of nitrogens with one attached hydrogen (secondary N) is 2. The molecule has 0 spiro atoms. The van der Waals surface area contributed by atoms with Gasteiger partial charge in [0.05, 0.1) is 0 Å². The Morgan fingerprint density at radius 3 is 2.50 bits per heavy atom. The van der Waals surface area contributed by atoms with Crippen LogP contribution in [0.5, 0.6) is 0 Å². The van der Waals surface area contributed by atoms with Gasteiger partial charge in [0.15, 0.2) is 0 Å². The fourth-order valence-electron chi connectivity index (χ4n) is 2.03. The molecule has 0 saturated heterocycles. The van der Waals surface area contributed by atoms with Crippen molar-refractivity contribution in [1.29, 1.82) is 0 Å². The zero-order valence-electron chi connectivity index (χ0n) is 12.6. The second-order valence-corrected chi connectivity index (χ2v) is 5.62. The Morgan fingerprint density at radius 1 is 1.21 bits per heavy atom. The molecular weight excluding hydrogens is 325 g/mol. The first-order valence-corrected chi connectivity index (χ1v) is 7.44. The van der Waals surface area contributed by atoms with Crippen LogP contribution >= 0.6 is 0 Å². The van der Waals surface area contributed by atoms with Crippen LogP contribution in [-0.2, 0) is 12.7 Å². The molecule has 128 valence electrons. The van der Waals surface area contributed by atoms with Crippen molar-refractivity contribution in [2.45, 2.75) is 25.6 Å². The largest absolute Gasteiger partial charge is 0.471 e.